The smallest absolute Gasteiger partial charge is 0.128 e. The van der Waals surface area contributed by atoms with Crippen LogP contribution in [0.4, 0.5) is 4.39 Å². The summed E-state index contributed by atoms with van der Waals surface area (Å²) in [5.74, 6) is -0.319. The summed E-state index contributed by atoms with van der Waals surface area (Å²) >= 11 is 7.31. The van der Waals surface area contributed by atoms with Crippen molar-refractivity contribution in [1.29, 1.82) is 0 Å². The van der Waals surface area contributed by atoms with Gasteiger partial charge in [-0.2, -0.15) is 0 Å². The van der Waals surface area contributed by atoms with Crippen molar-refractivity contribution in [3.8, 4) is 0 Å². The van der Waals surface area contributed by atoms with Gasteiger partial charge in [0.15, 0.2) is 0 Å². The molecule has 0 bridgehead atoms. The summed E-state index contributed by atoms with van der Waals surface area (Å²) in [4.78, 5) is 0.927. The molecule has 1 aromatic heterocycles. The van der Waals surface area contributed by atoms with Gasteiger partial charge in [0.1, 0.15) is 5.82 Å². The lowest BCUT2D eigenvalue weighted by atomic mass is 10.1. The van der Waals surface area contributed by atoms with Crippen LogP contribution in [0.25, 0.3) is 0 Å². The highest BCUT2D eigenvalue weighted by molar-refractivity contribution is 7.10. The molecule has 0 aliphatic rings. The Morgan fingerprint density at radius 3 is 2.80 bits per heavy atom. The molecule has 0 unspecified atom stereocenters. The number of rotatable bonds is 2. The molecule has 0 amide bonds. The Kier molecular flexibility index (Phi) is 3.05. The molecule has 0 saturated carbocycles. The first kappa shape index (κ1) is 10.6. The lowest BCUT2D eigenvalue weighted by molar-refractivity contribution is 0.601. The minimum atomic E-state index is -0.441. The summed E-state index contributed by atoms with van der Waals surface area (Å²) in [5.41, 5.74) is 6.38. The van der Waals surface area contributed by atoms with E-state index in [0.29, 0.717) is 10.6 Å². The summed E-state index contributed by atoms with van der Waals surface area (Å²) in [6, 6.07) is 7.76. The van der Waals surface area contributed by atoms with Crippen molar-refractivity contribution in [2.75, 3.05) is 0 Å². The van der Waals surface area contributed by atoms with Crippen molar-refractivity contribution >= 4 is 22.9 Å². The number of nitrogens with two attached hydrogens (primary N) is 1. The fourth-order valence-corrected chi connectivity index (χ4v) is 2.30. The van der Waals surface area contributed by atoms with Gasteiger partial charge in [0, 0.05) is 15.5 Å². The summed E-state index contributed by atoms with van der Waals surface area (Å²) in [7, 11) is 0. The quantitative estimate of drug-likeness (QED) is 0.855. The van der Waals surface area contributed by atoms with Crippen LogP contribution in [0, 0.1) is 5.82 Å². The van der Waals surface area contributed by atoms with Crippen molar-refractivity contribution in [3.05, 3.63) is 57.0 Å². The van der Waals surface area contributed by atoms with Crippen molar-refractivity contribution < 1.29 is 4.39 Å². The highest BCUT2D eigenvalue weighted by Crippen LogP contribution is 2.27. The maximum Gasteiger partial charge on any atom is 0.128 e. The zero-order valence-electron chi connectivity index (χ0n) is 7.78. The van der Waals surface area contributed by atoms with E-state index in [9.17, 15) is 4.39 Å². The molecule has 0 spiro atoms. The fraction of sp³-hybridized carbons (Fsp3) is 0.0909. The summed E-state index contributed by atoms with van der Waals surface area (Å²) < 4.78 is 13.5. The van der Waals surface area contributed by atoms with Crippen LogP contribution >= 0.6 is 22.9 Å². The third-order valence-corrected chi connectivity index (χ3v) is 3.33. The standard InChI is InChI=1S/C11H9ClFNS/c12-7-3-4-9(13)8(6-7)11(14)10-2-1-5-15-10/h1-6,11H,14H2/t11-/m1/s1. The van der Waals surface area contributed by atoms with Crippen LogP contribution in [0.2, 0.25) is 5.02 Å². The molecule has 1 atom stereocenters. The molecule has 0 aliphatic carbocycles. The first-order valence-electron chi connectivity index (χ1n) is 4.42. The van der Waals surface area contributed by atoms with Gasteiger partial charge in [-0.3, -0.25) is 0 Å². The van der Waals surface area contributed by atoms with Crippen molar-refractivity contribution in [2.24, 2.45) is 5.73 Å². The van der Waals surface area contributed by atoms with E-state index >= 15 is 0 Å². The first-order chi connectivity index (χ1) is 7.18. The van der Waals surface area contributed by atoms with Gasteiger partial charge in [0.2, 0.25) is 0 Å². The fourth-order valence-electron chi connectivity index (χ4n) is 1.37. The van der Waals surface area contributed by atoms with Gasteiger partial charge in [-0.1, -0.05) is 17.7 Å². The molecule has 1 aromatic carbocycles. The number of halogens is 2. The van der Waals surface area contributed by atoms with E-state index in [-0.39, 0.29) is 5.82 Å². The van der Waals surface area contributed by atoms with Crippen LogP contribution in [0.5, 0.6) is 0 Å². The zero-order valence-corrected chi connectivity index (χ0v) is 9.36. The molecule has 0 aliphatic heterocycles. The van der Waals surface area contributed by atoms with Crippen LogP contribution in [0.15, 0.2) is 35.7 Å². The molecule has 0 saturated heterocycles. The SMILES string of the molecule is N[C@@H](c1cccs1)c1cc(Cl)ccc1F. The minimum absolute atomic E-state index is 0.319. The predicted molar refractivity (Wildman–Crippen MR) is 61.8 cm³/mol. The van der Waals surface area contributed by atoms with Gasteiger partial charge in [-0.05, 0) is 29.6 Å². The molecular weight excluding hydrogens is 233 g/mol. The predicted octanol–water partition coefficient (Wildman–Crippen LogP) is 3.59. The molecule has 0 radical (unpaired) electrons. The highest BCUT2D eigenvalue weighted by atomic mass is 35.5. The molecule has 0 fully saturated rings. The maximum atomic E-state index is 13.5. The Morgan fingerprint density at radius 1 is 1.33 bits per heavy atom. The first-order valence-corrected chi connectivity index (χ1v) is 5.68. The lowest BCUT2D eigenvalue weighted by Gasteiger charge is -2.11. The van der Waals surface area contributed by atoms with Crippen molar-refractivity contribution in [3.63, 3.8) is 0 Å². The van der Waals surface area contributed by atoms with Crippen molar-refractivity contribution in [2.45, 2.75) is 6.04 Å². The molecule has 15 heavy (non-hydrogen) atoms. The molecule has 2 N–H and O–H groups in total. The molecular formula is C11H9ClFNS. The summed E-state index contributed by atoms with van der Waals surface area (Å²) in [5, 5.41) is 2.41. The Bertz CT molecular complexity index is 456. The Balaban J connectivity index is 2.41. The molecule has 2 aromatic rings. The van der Waals surface area contributed by atoms with Crippen LogP contribution in [-0.2, 0) is 0 Å². The Labute approximate surface area is 96.3 Å². The molecule has 1 nitrogen and oxygen atoms in total. The van der Waals surface area contributed by atoms with Gasteiger partial charge < -0.3 is 5.73 Å². The van der Waals surface area contributed by atoms with Crippen LogP contribution in [0.1, 0.15) is 16.5 Å². The molecule has 4 heteroatoms. The average Bonchev–Trinajstić information content (AvgIpc) is 2.74. The van der Waals surface area contributed by atoms with Gasteiger partial charge in [-0.15, -0.1) is 11.3 Å². The van der Waals surface area contributed by atoms with E-state index < -0.39 is 6.04 Å². The van der Waals surface area contributed by atoms with Crippen LogP contribution in [0.3, 0.4) is 0 Å². The Hall–Kier alpha value is -0.900. The van der Waals surface area contributed by atoms with Gasteiger partial charge in [-0.25, -0.2) is 4.39 Å². The second-order valence-corrected chi connectivity index (χ2v) is 4.57. The highest BCUT2D eigenvalue weighted by Gasteiger charge is 2.14. The molecule has 2 rings (SSSR count). The lowest BCUT2D eigenvalue weighted by Crippen LogP contribution is -2.12. The van der Waals surface area contributed by atoms with Crippen LogP contribution < -0.4 is 5.73 Å². The van der Waals surface area contributed by atoms with E-state index in [4.69, 9.17) is 17.3 Å². The van der Waals surface area contributed by atoms with E-state index in [1.807, 2.05) is 17.5 Å². The number of benzene rings is 1. The molecule has 1 heterocycles. The van der Waals surface area contributed by atoms with Gasteiger partial charge in [0.05, 0.1) is 6.04 Å². The van der Waals surface area contributed by atoms with Crippen molar-refractivity contribution in [1.82, 2.24) is 0 Å². The number of thiophene rings is 1. The summed E-state index contributed by atoms with van der Waals surface area (Å²) in [6.07, 6.45) is 0. The second kappa shape index (κ2) is 4.31. The largest absolute Gasteiger partial charge is 0.320 e. The third kappa shape index (κ3) is 2.20. The van der Waals surface area contributed by atoms with Gasteiger partial charge >= 0.3 is 0 Å². The maximum absolute atomic E-state index is 13.5. The number of hydrogen-bond acceptors (Lipinski definition) is 2. The summed E-state index contributed by atoms with van der Waals surface area (Å²) in [6.45, 7) is 0. The third-order valence-electron chi connectivity index (χ3n) is 2.14. The number of hydrogen-bond donors (Lipinski definition) is 1. The topological polar surface area (TPSA) is 26.0 Å². The van der Waals surface area contributed by atoms with E-state index in [2.05, 4.69) is 0 Å². The van der Waals surface area contributed by atoms with E-state index in [0.717, 1.165) is 4.88 Å². The second-order valence-electron chi connectivity index (χ2n) is 3.16. The monoisotopic (exact) mass is 241 g/mol. The zero-order chi connectivity index (χ0) is 10.8. The van der Waals surface area contributed by atoms with E-state index in [1.54, 1.807) is 6.07 Å². The van der Waals surface area contributed by atoms with Crippen LogP contribution in [-0.4, -0.2) is 0 Å². The van der Waals surface area contributed by atoms with Gasteiger partial charge in [0.25, 0.3) is 0 Å². The molecule has 78 valence electrons. The normalized spacial score (nSPS) is 12.7. The van der Waals surface area contributed by atoms with E-state index in [1.165, 1.54) is 23.5 Å². The average molecular weight is 242 g/mol. The Morgan fingerprint density at radius 2 is 2.13 bits per heavy atom. The minimum Gasteiger partial charge on any atom is -0.320 e.